The summed E-state index contributed by atoms with van der Waals surface area (Å²) in [5.41, 5.74) is 2.37. The van der Waals surface area contributed by atoms with Crippen molar-refractivity contribution in [2.75, 3.05) is 6.61 Å². The van der Waals surface area contributed by atoms with Crippen molar-refractivity contribution in [3.63, 3.8) is 0 Å². The molecule has 1 aromatic heterocycles. The van der Waals surface area contributed by atoms with Crippen LogP contribution in [0.25, 0.3) is 0 Å². The van der Waals surface area contributed by atoms with Crippen LogP contribution >= 0.6 is 0 Å². The molecule has 0 aliphatic heterocycles. The highest BCUT2D eigenvalue weighted by molar-refractivity contribution is 5.24. The summed E-state index contributed by atoms with van der Waals surface area (Å²) in [4.78, 5) is 4.46. The van der Waals surface area contributed by atoms with Crippen LogP contribution in [0.1, 0.15) is 71.1 Å². The van der Waals surface area contributed by atoms with Crippen LogP contribution < -0.4 is 10.1 Å². The number of hydrogen-bond acceptors (Lipinski definition) is 3. The van der Waals surface area contributed by atoms with Gasteiger partial charge in [-0.2, -0.15) is 0 Å². The fraction of sp³-hybridized carbons (Fsp3) is 0.722. The van der Waals surface area contributed by atoms with Crippen LogP contribution in [0, 0.1) is 6.92 Å². The first-order chi connectivity index (χ1) is 9.90. The summed E-state index contributed by atoms with van der Waals surface area (Å²) in [7, 11) is 0. The van der Waals surface area contributed by atoms with Gasteiger partial charge in [-0.3, -0.25) is 0 Å². The highest BCUT2D eigenvalue weighted by atomic mass is 16.5. The second kappa shape index (κ2) is 9.04. The van der Waals surface area contributed by atoms with Gasteiger partial charge in [-0.05, 0) is 45.7 Å². The Morgan fingerprint density at radius 2 is 1.81 bits per heavy atom. The minimum Gasteiger partial charge on any atom is -0.478 e. The van der Waals surface area contributed by atoms with Crippen LogP contribution in [0.4, 0.5) is 0 Å². The number of rotatable bonds is 9. The van der Waals surface area contributed by atoms with Gasteiger partial charge in [0.2, 0.25) is 5.88 Å². The summed E-state index contributed by atoms with van der Waals surface area (Å²) in [5.74, 6) is 0.760. The number of pyridine rings is 1. The third kappa shape index (κ3) is 8.71. The molecule has 0 spiro atoms. The highest BCUT2D eigenvalue weighted by Gasteiger charge is 2.09. The van der Waals surface area contributed by atoms with Crippen molar-refractivity contribution >= 4 is 0 Å². The second-order valence-electron chi connectivity index (χ2n) is 6.82. The monoisotopic (exact) mass is 292 g/mol. The predicted molar refractivity (Wildman–Crippen MR) is 89.8 cm³/mol. The Hall–Kier alpha value is -1.09. The summed E-state index contributed by atoms with van der Waals surface area (Å²) in [5, 5.41) is 3.50. The molecular formula is C18H32N2O. The average Bonchev–Trinajstić information content (AvgIpc) is 2.39. The molecule has 0 unspecified atom stereocenters. The summed E-state index contributed by atoms with van der Waals surface area (Å²) in [6.45, 7) is 12.4. The van der Waals surface area contributed by atoms with Gasteiger partial charge in [-0.25, -0.2) is 4.98 Å². The molecule has 120 valence electrons. The number of aromatic nitrogens is 1. The van der Waals surface area contributed by atoms with Crippen molar-refractivity contribution in [3.05, 3.63) is 23.4 Å². The summed E-state index contributed by atoms with van der Waals surface area (Å²) in [6, 6.07) is 4.17. The molecule has 0 saturated carbocycles. The molecule has 0 bridgehead atoms. The van der Waals surface area contributed by atoms with E-state index in [0.717, 1.165) is 31.1 Å². The Morgan fingerprint density at radius 1 is 1.10 bits per heavy atom. The SMILES string of the molecule is CCCCCCCOc1cc(CNC(C)(C)C)cc(C)n1. The van der Waals surface area contributed by atoms with Gasteiger partial charge >= 0.3 is 0 Å². The van der Waals surface area contributed by atoms with E-state index < -0.39 is 0 Å². The molecule has 0 fully saturated rings. The van der Waals surface area contributed by atoms with Gasteiger partial charge in [0, 0.05) is 23.8 Å². The largest absolute Gasteiger partial charge is 0.478 e. The maximum Gasteiger partial charge on any atom is 0.213 e. The first kappa shape index (κ1) is 18.0. The van der Waals surface area contributed by atoms with Crippen LogP contribution in [-0.4, -0.2) is 17.1 Å². The van der Waals surface area contributed by atoms with E-state index in [1.807, 2.05) is 6.92 Å². The van der Waals surface area contributed by atoms with E-state index in [1.54, 1.807) is 0 Å². The Kier molecular flexibility index (Phi) is 7.73. The van der Waals surface area contributed by atoms with Crippen molar-refractivity contribution in [1.82, 2.24) is 10.3 Å². The molecule has 1 aromatic rings. The average molecular weight is 292 g/mol. The predicted octanol–water partition coefficient (Wildman–Crippen LogP) is 4.63. The van der Waals surface area contributed by atoms with Gasteiger partial charge in [0.05, 0.1) is 6.61 Å². The minimum absolute atomic E-state index is 0.122. The van der Waals surface area contributed by atoms with Crippen molar-refractivity contribution < 1.29 is 4.74 Å². The summed E-state index contributed by atoms with van der Waals surface area (Å²) >= 11 is 0. The van der Waals surface area contributed by atoms with E-state index in [1.165, 1.54) is 31.2 Å². The van der Waals surface area contributed by atoms with Gasteiger partial charge in [0.25, 0.3) is 0 Å². The Labute approximate surface area is 130 Å². The zero-order chi connectivity index (χ0) is 15.7. The molecule has 3 heteroatoms. The number of nitrogens with one attached hydrogen (secondary N) is 1. The summed E-state index contributed by atoms with van der Waals surface area (Å²) in [6.07, 6.45) is 6.28. The zero-order valence-electron chi connectivity index (χ0n) is 14.5. The third-order valence-electron chi connectivity index (χ3n) is 3.31. The number of unbranched alkanes of at least 4 members (excludes halogenated alkanes) is 4. The molecule has 1 rings (SSSR count). The van der Waals surface area contributed by atoms with E-state index in [9.17, 15) is 0 Å². The van der Waals surface area contributed by atoms with E-state index in [2.05, 4.69) is 50.1 Å². The van der Waals surface area contributed by atoms with Gasteiger partial charge in [0.1, 0.15) is 0 Å². The number of hydrogen-bond donors (Lipinski definition) is 1. The first-order valence-electron chi connectivity index (χ1n) is 8.26. The number of nitrogens with zero attached hydrogens (tertiary/aromatic N) is 1. The molecule has 21 heavy (non-hydrogen) atoms. The molecule has 0 aliphatic rings. The summed E-state index contributed by atoms with van der Waals surface area (Å²) < 4.78 is 5.80. The highest BCUT2D eigenvalue weighted by Crippen LogP contribution is 2.14. The standard InChI is InChI=1S/C18H32N2O/c1-6-7-8-9-10-11-21-17-13-16(12-15(2)20-17)14-19-18(3,4)5/h12-13,19H,6-11,14H2,1-5H3. The molecule has 3 nitrogen and oxygen atoms in total. The van der Waals surface area contributed by atoms with Crippen molar-refractivity contribution in [3.8, 4) is 5.88 Å². The topological polar surface area (TPSA) is 34.1 Å². The van der Waals surface area contributed by atoms with Crippen LogP contribution in [0.2, 0.25) is 0 Å². The van der Waals surface area contributed by atoms with Crippen LogP contribution in [0.15, 0.2) is 12.1 Å². The molecule has 0 saturated heterocycles. The van der Waals surface area contributed by atoms with Crippen LogP contribution in [0.5, 0.6) is 5.88 Å². The van der Waals surface area contributed by atoms with E-state index >= 15 is 0 Å². The lowest BCUT2D eigenvalue weighted by Gasteiger charge is -2.20. The lowest BCUT2D eigenvalue weighted by Crippen LogP contribution is -2.35. The molecule has 0 amide bonds. The Bertz CT molecular complexity index is 410. The van der Waals surface area contributed by atoms with Gasteiger partial charge in [0.15, 0.2) is 0 Å². The van der Waals surface area contributed by atoms with E-state index in [0.29, 0.717) is 0 Å². The normalized spacial score (nSPS) is 11.7. The lowest BCUT2D eigenvalue weighted by atomic mass is 10.1. The number of aryl methyl sites for hydroxylation is 1. The van der Waals surface area contributed by atoms with Crippen LogP contribution in [0.3, 0.4) is 0 Å². The molecule has 0 radical (unpaired) electrons. The third-order valence-corrected chi connectivity index (χ3v) is 3.31. The molecule has 0 aromatic carbocycles. The quantitative estimate of drug-likeness (QED) is 0.674. The maximum atomic E-state index is 5.80. The smallest absolute Gasteiger partial charge is 0.213 e. The Balaban J connectivity index is 2.42. The fourth-order valence-electron chi connectivity index (χ4n) is 2.13. The molecular weight excluding hydrogens is 260 g/mol. The number of ether oxygens (including phenoxy) is 1. The van der Waals surface area contributed by atoms with Crippen LogP contribution in [-0.2, 0) is 6.54 Å². The van der Waals surface area contributed by atoms with Gasteiger partial charge in [-0.1, -0.05) is 32.6 Å². The Morgan fingerprint density at radius 3 is 2.48 bits per heavy atom. The minimum atomic E-state index is 0.122. The van der Waals surface area contributed by atoms with Crippen molar-refractivity contribution in [2.24, 2.45) is 0 Å². The molecule has 1 N–H and O–H groups in total. The fourth-order valence-corrected chi connectivity index (χ4v) is 2.13. The zero-order valence-corrected chi connectivity index (χ0v) is 14.5. The first-order valence-corrected chi connectivity index (χ1v) is 8.26. The lowest BCUT2D eigenvalue weighted by molar-refractivity contribution is 0.292. The molecule has 0 atom stereocenters. The molecule has 1 heterocycles. The van der Waals surface area contributed by atoms with Gasteiger partial charge < -0.3 is 10.1 Å². The van der Waals surface area contributed by atoms with Gasteiger partial charge in [-0.15, -0.1) is 0 Å². The van der Waals surface area contributed by atoms with E-state index in [-0.39, 0.29) is 5.54 Å². The maximum absolute atomic E-state index is 5.80. The van der Waals surface area contributed by atoms with Crippen molar-refractivity contribution in [1.29, 1.82) is 0 Å². The second-order valence-corrected chi connectivity index (χ2v) is 6.82. The molecule has 0 aliphatic carbocycles. The van der Waals surface area contributed by atoms with Crippen molar-refractivity contribution in [2.45, 2.75) is 78.8 Å². The van der Waals surface area contributed by atoms with E-state index in [4.69, 9.17) is 4.74 Å².